The van der Waals surface area contributed by atoms with Crippen LogP contribution in [0.5, 0.6) is 0 Å². The SMILES string of the molecule is Cc1c(C)c(C)c(S(=O)(=O)N[C@@H](C)c2ccco2)c(C)c1C. The number of sulfonamides is 1. The van der Waals surface area contributed by atoms with Crippen molar-refractivity contribution in [2.75, 3.05) is 0 Å². The first-order valence-corrected chi connectivity index (χ1v) is 8.77. The molecule has 5 heteroatoms. The molecular formula is C17H23NO3S. The third-order valence-electron chi connectivity index (χ3n) is 4.50. The first-order chi connectivity index (χ1) is 10.2. The van der Waals surface area contributed by atoms with E-state index in [1.807, 2.05) is 34.6 Å². The summed E-state index contributed by atoms with van der Waals surface area (Å²) in [4.78, 5) is 0.381. The van der Waals surface area contributed by atoms with Crippen molar-refractivity contribution in [2.45, 2.75) is 52.5 Å². The summed E-state index contributed by atoms with van der Waals surface area (Å²) in [6, 6.07) is 3.09. The molecule has 120 valence electrons. The smallest absolute Gasteiger partial charge is 0.241 e. The Morgan fingerprint density at radius 3 is 1.91 bits per heavy atom. The van der Waals surface area contributed by atoms with Crippen LogP contribution in [0.1, 0.15) is 46.5 Å². The molecule has 1 aromatic carbocycles. The molecule has 1 atom stereocenters. The topological polar surface area (TPSA) is 59.3 Å². The van der Waals surface area contributed by atoms with Crippen LogP contribution in [0.15, 0.2) is 27.7 Å². The number of hydrogen-bond acceptors (Lipinski definition) is 3. The zero-order chi connectivity index (χ0) is 16.7. The molecule has 0 bridgehead atoms. The largest absolute Gasteiger partial charge is 0.468 e. The molecule has 1 heterocycles. The van der Waals surface area contributed by atoms with Gasteiger partial charge in [-0.1, -0.05) is 0 Å². The maximum atomic E-state index is 12.8. The number of furan rings is 1. The quantitative estimate of drug-likeness (QED) is 0.930. The number of nitrogens with one attached hydrogen (secondary N) is 1. The second kappa shape index (κ2) is 5.89. The van der Waals surface area contributed by atoms with Crippen molar-refractivity contribution in [3.63, 3.8) is 0 Å². The number of benzene rings is 1. The molecule has 0 radical (unpaired) electrons. The summed E-state index contributed by atoms with van der Waals surface area (Å²) < 4.78 is 33.7. The third kappa shape index (κ3) is 2.83. The first kappa shape index (κ1) is 16.8. The van der Waals surface area contributed by atoms with E-state index in [4.69, 9.17) is 4.42 Å². The summed E-state index contributed by atoms with van der Waals surface area (Å²) in [6.07, 6.45) is 1.54. The second-order valence-electron chi connectivity index (χ2n) is 5.81. The third-order valence-corrected chi connectivity index (χ3v) is 6.32. The summed E-state index contributed by atoms with van der Waals surface area (Å²) in [5, 5.41) is 0. The Kier molecular flexibility index (Phi) is 4.49. The van der Waals surface area contributed by atoms with Gasteiger partial charge in [-0.25, -0.2) is 13.1 Å². The highest BCUT2D eigenvalue weighted by molar-refractivity contribution is 7.89. The zero-order valence-corrected chi connectivity index (χ0v) is 14.8. The van der Waals surface area contributed by atoms with Gasteiger partial charge in [0.2, 0.25) is 10.0 Å². The Morgan fingerprint density at radius 1 is 0.955 bits per heavy atom. The minimum atomic E-state index is -3.62. The Balaban J connectivity index is 2.51. The van der Waals surface area contributed by atoms with Crippen molar-refractivity contribution in [3.05, 3.63) is 52.0 Å². The van der Waals surface area contributed by atoms with Gasteiger partial charge in [-0.2, -0.15) is 0 Å². The number of rotatable bonds is 4. The minimum absolute atomic E-state index is 0.381. The molecule has 0 amide bonds. The van der Waals surface area contributed by atoms with Crippen LogP contribution in [0.2, 0.25) is 0 Å². The Labute approximate surface area is 132 Å². The van der Waals surface area contributed by atoms with Crippen LogP contribution >= 0.6 is 0 Å². The van der Waals surface area contributed by atoms with E-state index in [0.717, 1.165) is 27.8 Å². The molecule has 0 saturated carbocycles. The molecule has 0 spiro atoms. The molecule has 2 aromatic rings. The van der Waals surface area contributed by atoms with Crippen molar-refractivity contribution >= 4 is 10.0 Å². The highest BCUT2D eigenvalue weighted by Crippen LogP contribution is 2.30. The van der Waals surface area contributed by atoms with E-state index in [2.05, 4.69) is 4.72 Å². The van der Waals surface area contributed by atoms with E-state index >= 15 is 0 Å². The lowest BCUT2D eigenvalue weighted by molar-refractivity contribution is 0.459. The van der Waals surface area contributed by atoms with Crippen LogP contribution in [0, 0.1) is 34.6 Å². The summed E-state index contributed by atoms with van der Waals surface area (Å²) in [5.74, 6) is 0.597. The highest BCUT2D eigenvalue weighted by atomic mass is 32.2. The Bertz CT molecular complexity index is 761. The van der Waals surface area contributed by atoms with Crippen LogP contribution < -0.4 is 4.72 Å². The van der Waals surface area contributed by atoms with Gasteiger partial charge in [0.05, 0.1) is 17.2 Å². The van der Waals surface area contributed by atoms with E-state index in [-0.39, 0.29) is 0 Å². The van der Waals surface area contributed by atoms with Gasteiger partial charge < -0.3 is 4.42 Å². The van der Waals surface area contributed by atoms with Gasteiger partial charge >= 0.3 is 0 Å². The molecule has 0 unspecified atom stereocenters. The summed E-state index contributed by atoms with van der Waals surface area (Å²) in [6.45, 7) is 11.5. The minimum Gasteiger partial charge on any atom is -0.468 e. The molecule has 0 aliphatic rings. The first-order valence-electron chi connectivity index (χ1n) is 7.29. The Hall–Kier alpha value is -1.59. The molecule has 1 N–H and O–H groups in total. The van der Waals surface area contributed by atoms with Gasteiger partial charge in [0.1, 0.15) is 5.76 Å². The van der Waals surface area contributed by atoms with Crippen LogP contribution in [0.3, 0.4) is 0 Å². The Morgan fingerprint density at radius 2 is 1.45 bits per heavy atom. The molecule has 0 aliphatic heterocycles. The maximum Gasteiger partial charge on any atom is 0.241 e. The van der Waals surface area contributed by atoms with Crippen LogP contribution in [0.25, 0.3) is 0 Å². The molecule has 0 fully saturated rings. The van der Waals surface area contributed by atoms with Crippen molar-refractivity contribution < 1.29 is 12.8 Å². The van der Waals surface area contributed by atoms with Crippen LogP contribution in [0.4, 0.5) is 0 Å². The number of hydrogen-bond donors (Lipinski definition) is 1. The molecule has 1 aromatic heterocycles. The normalized spacial score (nSPS) is 13.4. The van der Waals surface area contributed by atoms with Crippen molar-refractivity contribution in [3.8, 4) is 0 Å². The fourth-order valence-electron chi connectivity index (χ4n) is 2.76. The fraction of sp³-hybridized carbons (Fsp3) is 0.412. The molecule has 22 heavy (non-hydrogen) atoms. The second-order valence-corrected chi connectivity index (χ2v) is 7.46. The van der Waals surface area contributed by atoms with Gasteiger partial charge in [-0.05, 0) is 81.5 Å². The molecule has 0 saturated heterocycles. The van der Waals surface area contributed by atoms with Gasteiger partial charge in [0.25, 0.3) is 0 Å². The summed E-state index contributed by atoms with van der Waals surface area (Å²) in [5.41, 5.74) is 4.80. The lowest BCUT2D eigenvalue weighted by Crippen LogP contribution is -2.28. The van der Waals surface area contributed by atoms with Crippen molar-refractivity contribution in [1.29, 1.82) is 0 Å². The molecule has 2 rings (SSSR count). The van der Waals surface area contributed by atoms with E-state index < -0.39 is 16.1 Å². The average molecular weight is 321 g/mol. The summed E-state index contributed by atoms with van der Waals surface area (Å²) >= 11 is 0. The van der Waals surface area contributed by atoms with Crippen molar-refractivity contribution in [1.82, 2.24) is 4.72 Å². The monoisotopic (exact) mass is 321 g/mol. The molecule has 0 aliphatic carbocycles. The van der Waals surface area contributed by atoms with Gasteiger partial charge in [-0.3, -0.25) is 0 Å². The van der Waals surface area contributed by atoms with Gasteiger partial charge in [-0.15, -0.1) is 0 Å². The van der Waals surface area contributed by atoms with E-state index in [1.54, 1.807) is 19.1 Å². The van der Waals surface area contributed by atoms with E-state index in [9.17, 15) is 8.42 Å². The standard InChI is InChI=1S/C17H23NO3S/c1-10-11(2)13(4)17(14(5)12(10)3)22(19,20)18-15(6)16-8-7-9-21-16/h7-9,15,18H,1-6H3/t15-/m0/s1. The highest BCUT2D eigenvalue weighted by Gasteiger charge is 2.26. The van der Waals surface area contributed by atoms with E-state index in [1.165, 1.54) is 6.26 Å². The molecule has 4 nitrogen and oxygen atoms in total. The van der Waals surface area contributed by atoms with Gasteiger partial charge in [0.15, 0.2) is 0 Å². The maximum absolute atomic E-state index is 12.8. The van der Waals surface area contributed by atoms with Gasteiger partial charge in [0, 0.05) is 0 Å². The van der Waals surface area contributed by atoms with Crippen molar-refractivity contribution in [2.24, 2.45) is 0 Å². The van der Waals surface area contributed by atoms with Crippen LogP contribution in [-0.4, -0.2) is 8.42 Å². The predicted octanol–water partition coefficient (Wildman–Crippen LogP) is 3.86. The average Bonchev–Trinajstić information content (AvgIpc) is 2.96. The van der Waals surface area contributed by atoms with E-state index in [0.29, 0.717) is 10.7 Å². The zero-order valence-electron chi connectivity index (χ0n) is 13.9. The van der Waals surface area contributed by atoms with Crippen LogP contribution in [-0.2, 0) is 10.0 Å². The summed E-state index contributed by atoms with van der Waals surface area (Å²) in [7, 11) is -3.62. The lowest BCUT2D eigenvalue weighted by Gasteiger charge is -2.20. The molecular weight excluding hydrogens is 298 g/mol. The fourth-order valence-corrected chi connectivity index (χ4v) is 4.57. The lowest BCUT2D eigenvalue weighted by atomic mass is 9.95. The predicted molar refractivity (Wildman–Crippen MR) is 87.6 cm³/mol.